The normalized spacial score (nSPS) is 15.6. The van der Waals surface area contributed by atoms with E-state index in [4.69, 9.17) is 9.15 Å². The average molecular weight is 442 g/mol. The van der Waals surface area contributed by atoms with Crippen molar-refractivity contribution in [3.05, 3.63) is 58.8 Å². The number of halogens is 4. The number of esters is 1. The van der Waals surface area contributed by atoms with Crippen LogP contribution in [0.5, 0.6) is 0 Å². The van der Waals surface area contributed by atoms with Crippen LogP contribution in [0, 0.1) is 5.82 Å². The highest BCUT2D eigenvalue weighted by Crippen LogP contribution is 2.33. The van der Waals surface area contributed by atoms with Crippen molar-refractivity contribution in [3.63, 3.8) is 0 Å². The molecule has 31 heavy (non-hydrogen) atoms. The number of hydrogen-bond donors (Lipinski definition) is 0. The Kier molecular flexibility index (Phi) is 6.99. The van der Waals surface area contributed by atoms with Crippen LogP contribution in [-0.4, -0.2) is 47.9 Å². The standard InChI is InChI=1S/C21H22F4N2O4/c1-14(28)30-13-16-7-6-15(31-16)12-26-8-3-9-27(11-10-26)20(29)19-17(21(23,24)25)4-2-5-18(19)22/h2,4-7H,3,8-13H2,1H3. The highest BCUT2D eigenvalue weighted by atomic mass is 19.4. The van der Waals surface area contributed by atoms with Crippen molar-refractivity contribution in [1.82, 2.24) is 9.80 Å². The van der Waals surface area contributed by atoms with Crippen molar-refractivity contribution in [2.45, 2.75) is 32.7 Å². The van der Waals surface area contributed by atoms with Crippen LogP contribution in [0.15, 0.2) is 34.7 Å². The number of carbonyl (C=O) groups excluding carboxylic acids is 2. The molecule has 2 aromatic rings. The highest BCUT2D eigenvalue weighted by Gasteiger charge is 2.38. The van der Waals surface area contributed by atoms with E-state index in [9.17, 15) is 27.2 Å². The maximum Gasteiger partial charge on any atom is 0.417 e. The third kappa shape index (κ3) is 5.84. The molecule has 1 aliphatic heterocycles. The molecule has 0 saturated carbocycles. The summed E-state index contributed by atoms with van der Waals surface area (Å²) < 4.78 is 64.4. The summed E-state index contributed by atoms with van der Waals surface area (Å²) in [4.78, 5) is 26.9. The Morgan fingerprint density at radius 3 is 2.52 bits per heavy atom. The maximum absolute atomic E-state index is 14.2. The molecule has 0 spiro atoms. The molecule has 0 radical (unpaired) electrons. The highest BCUT2D eigenvalue weighted by molar-refractivity contribution is 5.96. The third-order valence-corrected chi connectivity index (χ3v) is 4.92. The minimum Gasteiger partial charge on any atom is -0.461 e. The van der Waals surface area contributed by atoms with E-state index >= 15 is 0 Å². The molecule has 3 rings (SSSR count). The predicted octanol–water partition coefficient (Wildman–Crippen LogP) is 3.85. The van der Waals surface area contributed by atoms with Crippen LogP contribution in [0.25, 0.3) is 0 Å². The van der Waals surface area contributed by atoms with Gasteiger partial charge in [0.2, 0.25) is 0 Å². The molecule has 0 atom stereocenters. The van der Waals surface area contributed by atoms with Crippen molar-refractivity contribution in [2.24, 2.45) is 0 Å². The molecular weight excluding hydrogens is 420 g/mol. The van der Waals surface area contributed by atoms with E-state index in [1.165, 1.54) is 11.8 Å². The second kappa shape index (κ2) is 9.51. The minimum atomic E-state index is -4.83. The van der Waals surface area contributed by atoms with Gasteiger partial charge in [0.1, 0.15) is 23.9 Å². The number of alkyl halides is 3. The number of nitrogens with zero attached hydrogens (tertiary/aromatic N) is 2. The first kappa shape index (κ1) is 22.8. The predicted molar refractivity (Wildman–Crippen MR) is 101 cm³/mol. The first-order valence-electron chi connectivity index (χ1n) is 9.73. The summed E-state index contributed by atoms with van der Waals surface area (Å²) >= 11 is 0. The number of hydrogen-bond acceptors (Lipinski definition) is 5. The van der Waals surface area contributed by atoms with Gasteiger partial charge in [0.05, 0.1) is 17.7 Å². The van der Waals surface area contributed by atoms with E-state index in [2.05, 4.69) is 0 Å². The monoisotopic (exact) mass is 442 g/mol. The van der Waals surface area contributed by atoms with Crippen LogP contribution in [0.1, 0.15) is 40.8 Å². The topological polar surface area (TPSA) is 63.0 Å². The van der Waals surface area contributed by atoms with Gasteiger partial charge in [-0.05, 0) is 30.7 Å². The molecule has 6 nitrogen and oxygen atoms in total. The molecular formula is C21H22F4N2O4. The number of ether oxygens (including phenoxy) is 1. The quantitative estimate of drug-likeness (QED) is 0.520. The zero-order valence-corrected chi connectivity index (χ0v) is 16.9. The van der Waals surface area contributed by atoms with Crippen molar-refractivity contribution in [3.8, 4) is 0 Å². The van der Waals surface area contributed by atoms with Gasteiger partial charge in [-0.3, -0.25) is 14.5 Å². The van der Waals surface area contributed by atoms with Crippen LogP contribution in [0.2, 0.25) is 0 Å². The summed E-state index contributed by atoms with van der Waals surface area (Å²) in [7, 11) is 0. The Labute approximate surface area is 176 Å². The SMILES string of the molecule is CC(=O)OCc1ccc(CN2CCCN(C(=O)c3c(F)cccc3C(F)(F)F)CC2)o1. The first-order valence-corrected chi connectivity index (χ1v) is 9.73. The maximum atomic E-state index is 14.2. The number of carbonyl (C=O) groups is 2. The molecule has 1 saturated heterocycles. The minimum absolute atomic E-state index is 0.0296. The van der Waals surface area contributed by atoms with Gasteiger partial charge in [-0.1, -0.05) is 6.07 Å². The number of rotatable bonds is 5. The van der Waals surface area contributed by atoms with Crippen molar-refractivity contribution in [1.29, 1.82) is 0 Å². The zero-order chi connectivity index (χ0) is 22.6. The van der Waals surface area contributed by atoms with Crippen LogP contribution in [0.4, 0.5) is 17.6 Å². The van der Waals surface area contributed by atoms with Crippen molar-refractivity contribution >= 4 is 11.9 Å². The van der Waals surface area contributed by atoms with Gasteiger partial charge < -0.3 is 14.1 Å². The van der Waals surface area contributed by atoms with Crippen LogP contribution in [0.3, 0.4) is 0 Å². The molecule has 1 aliphatic rings. The number of amides is 1. The fraction of sp³-hybridized carbons (Fsp3) is 0.429. The summed E-state index contributed by atoms with van der Waals surface area (Å²) in [5, 5.41) is 0. The summed E-state index contributed by atoms with van der Waals surface area (Å²) in [6.07, 6.45) is -4.31. The average Bonchev–Trinajstić information content (AvgIpc) is 3.01. The first-order chi connectivity index (χ1) is 14.6. The summed E-state index contributed by atoms with van der Waals surface area (Å²) in [5.74, 6) is -1.43. The molecule has 168 valence electrons. The molecule has 2 heterocycles. The van der Waals surface area contributed by atoms with Gasteiger partial charge >= 0.3 is 12.1 Å². The van der Waals surface area contributed by atoms with E-state index in [1.807, 2.05) is 4.90 Å². The Balaban J connectivity index is 1.64. The molecule has 10 heteroatoms. The summed E-state index contributed by atoms with van der Waals surface area (Å²) in [6, 6.07) is 5.96. The Morgan fingerprint density at radius 2 is 1.81 bits per heavy atom. The van der Waals surface area contributed by atoms with Gasteiger partial charge in [0, 0.05) is 33.1 Å². The van der Waals surface area contributed by atoms with Gasteiger partial charge in [-0.15, -0.1) is 0 Å². The third-order valence-electron chi connectivity index (χ3n) is 4.92. The molecule has 1 fully saturated rings. The lowest BCUT2D eigenvalue weighted by Gasteiger charge is -2.23. The lowest BCUT2D eigenvalue weighted by Crippen LogP contribution is -2.36. The summed E-state index contributed by atoms with van der Waals surface area (Å²) in [5.41, 5.74) is -2.21. The van der Waals surface area contributed by atoms with Crippen LogP contribution >= 0.6 is 0 Å². The molecule has 1 amide bonds. The Morgan fingerprint density at radius 1 is 1.06 bits per heavy atom. The Hall–Kier alpha value is -2.88. The fourth-order valence-corrected chi connectivity index (χ4v) is 3.45. The second-order valence-corrected chi connectivity index (χ2v) is 7.23. The smallest absolute Gasteiger partial charge is 0.417 e. The van der Waals surface area contributed by atoms with E-state index in [0.717, 1.165) is 12.1 Å². The number of benzene rings is 1. The van der Waals surface area contributed by atoms with Gasteiger partial charge in [0.15, 0.2) is 0 Å². The fourth-order valence-electron chi connectivity index (χ4n) is 3.45. The molecule has 0 aliphatic carbocycles. The van der Waals surface area contributed by atoms with Gasteiger partial charge in [-0.25, -0.2) is 4.39 Å². The van der Waals surface area contributed by atoms with Crippen LogP contribution in [-0.2, 0) is 28.9 Å². The van der Waals surface area contributed by atoms with E-state index < -0.39 is 35.0 Å². The lowest BCUT2D eigenvalue weighted by molar-refractivity contribution is -0.142. The van der Waals surface area contributed by atoms with E-state index in [-0.39, 0.29) is 19.7 Å². The van der Waals surface area contributed by atoms with E-state index in [0.29, 0.717) is 43.6 Å². The van der Waals surface area contributed by atoms with Gasteiger partial charge in [0.25, 0.3) is 5.91 Å². The number of furan rings is 1. The molecule has 1 aromatic heterocycles. The molecule has 0 bridgehead atoms. The van der Waals surface area contributed by atoms with Crippen molar-refractivity contribution < 1.29 is 36.3 Å². The van der Waals surface area contributed by atoms with Crippen LogP contribution < -0.4 is 0 Å². The van der Waals surface area contributed by atoms with Crippen molar-refractivity contribution in [2.75, 3.05) is 26.2 Å². The lowest BCUT2D eigenvalue weighted by atomic mass is 10.0. The van der Waals surface area contributed by atoms with E-state index in [1.54, 1.807) is 12.1 Å². The second-order valence-electron chi connectivity index (χ2n) is 7.23. The largest absolute Gasteiger partial charge is 0.461 e. The Bertz CT molecular complexity index is 942. The summed E-state index contributed by atoms with van der Waals surface area (Å²) in [6.45, 7) is 3.11. The molecule has 0 unspecified atom stereocenters. The molecule has 0 N–H and O–H groups in total. The zero-order valence-electron chi connectivity index (χ0n) is 16.9. The van der Waals surface area contributed by atoms with Gasteiger partial charge in [-0.2, -0.15) is 13.2 Å². The molecule has 1 aromatic carbocycles.